The molecule has 2 rings (SSSR count). The van der Waals surface area contributed by atoms with Crippen LogP contribution in [0.2, 0.25) is 0 Å². The van der Waals surface area contributed by atoms with Crippen LogP contribution in [-0.2, 0) is 6.42 Å². The van der Waals surface area contributed by atoms with Crippen molar-refractivity contribution in [2.75, 3.05) is 0 Å². The zero-order valence-corrected chi connectivity index (χ0v) is 9.80. The monoisotopic (exact) mass is 236 g/mol. The number of rotatable bonds is 3. The van der Waals surface area contributed by atoms with Gasteiger partial charge in [-0.15, -0.1) is 11.3 Å². The van der Waals surface area contributed by atoms with Gasteiger partial charge in [0.05, 0.1) is 5.01 Å². The van der Waals surface area contributed by atoms with Gasteiger partial charge in [0.1, 0.15) is 5.82 Å². The van der Waals surface area contributed by atoms with Crippen LogP contribution in [-0.4, -0.2) is 4.98 Å². The van der Waals surface area contributed by atoms with Gasteiger partial charge in [-0.1, -0.05) is 12.1 Å². The molecule has 0 aliphatic rings. The zero-order chi connectivity index (χ0) is 11.5. The van der Waals surface area contributed by atoms with Crippen LogP contribution in [0.5, 0.6) is 0 Å². The minimum atomic E-state index is -0.217. The van der Waals surface area contributed by atoms with E-state index in [1.807, 2.05) is 13.1 Å². The topological polar surface area (TPSA) is 38.9 Å². The second-order valence-electron chi connectivity index (χ2n) is 3.72. The molecular formula is C12H13FN2S. The number of thiazole rings is 1. The molecule has 2 N–H and O–H groups in total. The number of nitrogens with two attached hydrogens (primary N) is 1. The summed E-state index contributed by atoms with van der Waals surface area (Å²) in [5, 5.41) is 1.02. The van der Waals surface area contributed by atoms with Crippen molar-refractivity contribution in [3.8, 4) is 0 Å². The van der Waals surface area contributed by atoms with E-state index in [9.17, 15) is 4.39 Å². The molecule has 1 atom stereocenters. The van der Waals surface area contributed by atoms with Gasteiger partial charge >= 0.3 is 0 Å². The smallest absolute Gasteiger partial charge is 0.123 e. The Morgan fingerprint density at radius 2 is 2.06 bits per heavy atom. The number of hydrogen-bond donors (Lipinski definition) is 1. The van der Waals surface area contributed by atoms with Crippen molar-refractivity contribution < 1.29 is 4.39 Å². The molecule has 0 bridgehead atoms. The first-order valence-corrected chi connectivity index (χ1v) is 5.89. The lowest BCUT2D eigenvalue weighted by Crippen LogP contribution is -2.11. The number of hydrogen-bond acceptors (Lipinski definition) is 3. The molecule has 4 heteroatoms. The Balaban J connectivity index is 2.07. The van der Waals surface area contributed by atoms with Gasteiger partial charge in [-0.3, -0.25) is 0 Å². The highest BCUT2D eigenvalue weighted by Crippen LogP contribution is 2.21. The summed E-state index contributed by atoms with van der Waals surface area (Å²) in [7, 11) is 0. The Morgan fingerprint density at radius 1 is 1.38 bits per heavy atom. The molecule has 0 saturated carbocycles. The first-order chi connectivity index (χ1) is 7.65. The van der Waals surface area contributed by atoms with Gasteiger partial charge < -0.3 is 5.73 Å². The third kappa shape index (κ3) is 2.65. The van der Waals surface area contributed by atoms with Gasteiger partial charge in [0, 0.05) is 17.1 Å². The summed E-state index contributed by atoms with van der Waals surface area (Å²) in [6, 6.07) is 6.39. The molecule has 0 fully saturated rings. The number of aromatic nitrogens is 1. The minimum absolute atomic E-state index is 0.0586. The molecule has 2 nitrogen and oxygen atoms in total. The minimum Gasteiger partial charge on any atom is -0.323 e. The largest absolute Gasteiger partial charge is 0.323 e. The van der Waals surface area contributed by atoms with E-state index < -0.39 is 0 Å². The Morgan fingerprint density at radius 3 is 2.62 bits per heavy atom. The highest BCUT2D eigenvalue weighted by Gasteiger charge is 2.09. The third-order valence-electron chi connectivity index (χ3n) is 2.37. The molecule has 16 heavy (non-hydrogen) atoms. The van der Waals surface area contributed by atoms with Crippen LogP contribution in [0.15, 0.2) is 30.5 Å². The van der Waals surface area contributed by atoms with E-state index in [2.05, 4.69) is 4.98 Å². The maximum atomic E-state index is 12.7. The summed E-state index contributed by atoms with van der Waals surface area (Å²) in [4.78, 5) is 5.24. The quantitative estimate of drug-likeness (QED) is 0.890. The molecule has 0 amide bonds. The molecule has 0 aliphatic carbocycles. The van der Waals surface area contributed by atoms with Gasteiger partial charge in [-0.2, -0.15) is 0 Å². The fourth-order valence-electron chi connectivity index (χ4n) is 1.52. The predicted octanol–water partition coefficient (Wildman–Crippen LogP) is 2.83. The molecule has 0 radical (unpaired) electrons. The average Bonchev–Trinajstić information content (AvgIpc) is 2.68. The summed E-state index contributed by atoms with van der Waals surface area (Å²) >= 11 is 1.61. The Labute approximate surface area is 97.9 Å². The molecule has 1 aromatic heterocycles. The van der Waals surface area contributed by atoms with Crippen LogP contribution in [0.3, 0.4) is 0 Å². The normalized spacial score (nSPS) is 12.7. The van der Waals surface area contributed by atoms with Crippen molar-refractivity contribution in [1.29, 1.82) is 0 Å². The van der Waals surface area contributed by atoms with E-state index in [-0.39, 0.29) is 11.9 Å². The fraction of sp³-hybridized carbons (Fsp3) is 0.250. The van der Waals surface area contributed by atoms with Gasteiger partial charge in [-0.05, 0) is 31.0 Å². The first-order valence-electron chi connectivity index (χ1n) is 5.07. The molecule has 2 aromatic rings. The molecular weight excluding hydrogens is 223 g/mol. The number of aryl methyl sites for hydroxylation is 1. The van der Waals surface area contributed by atoms with Crippen LogP contribution >= 0.6 is 11.3 Å². The lowest BCUT2D eigenvalue weighted by molar-refractivity contribution is 0.626. The molecule has 1 aromatic carbocycles. The highest BCUT2D eigenvalue weighted by atomic mass is 32.1. The molecule has 0 saturated heterocycles. The maximum Gasteiger partial charge on any atom is 0.123 e. The lowest BCUT2D eigenvalue weighted by atomic mass is 10.1. The van der Waals surface area contributed by atoms with Crippen LogP contribution in [0, 0.1) is 12.7 Å². The predicted molar refractivity (Wildman–Crippen MR) is 63.9 cm³/mol. The van der Waals surface area contributed by atoms with Gasteiger partial charge in [-0.25, -0.2) is 9.37 Å². The molecule has 1 heterocycles. The third-order valence-corrected chi connectivity index (χ3v) is 3.42. The van der Waals surface area contributed by atoms with E-state index in [1.165, 1.54) is 12.1 Å². The van der Waals surface area contributed by atoms with Gasteiger partial charge in [0.15, 0.2) is 0 Å². The summed E-state index contributed by atoms with van der Waals surface area (Å²) < 4.78 is 12.7. The second-order valence-corrected chi connectivity index (χ2v) is 4.99. The summed E-state index contributed by atoms with van der Waals surface area (Å²) in [5.74, 6) is -0.217. The van der Waals surface area contributed by atoms with E-state index in [0.717, 1.165) is 15.4 Å². The van der Waals surface area contributed by atoms with Crippen molar-refractivity contribution in [2.45, 2.75) is 19.4 Å². The van der Waals surface area contributed by atoms with Gasteiger partial charge in [0.2, 0.25) is 0 Å². The summed E-state index contributed by atoms with van der Waals surface area (Å²) in [6.45, 7) is 1.96. The van der Waals surface area contributed by atoms with Crippen molar-refractivity contribution in [1.82, 2.24) is 4.98 Å². The van der Waals surface area contributed by atoms with Crippen LogP contribution in [0.1, 0.15) is 21.5 Å². The van der Waals surface area contributed by atoms with E-state index in [1.54, 1.807) is 23.5 Å². The number of benzene rings is 1. The Bertz CT molecular complexity index is 464. The Hall–Kier alpha value is -1.26. The fourth-order valence-corrected chi connectivity index (χ4v) is 2.31. The molecule has 0 spiro atoms. The number of halogens is 1. The van der Waals surface area contributed by atoms with Crippen molar-refractivity contribution in [2.24, 2.45) is 5.73 Å². The van der Waals surface area contributed by atoms with E-state index in [4.69, 9.17) is 5.73 Å². The van der Waals surface area contributed by atoms with Gasteiger partial charge in [0.25, 0.3) is 0 Å². The van der Waals surface area contributed by atoms with Crippen molar-refractivity contribution >= 4 is 11.3 Å². The lowest BCUT2D eigenvalue weighted by Gasteiger charge is -2.08. The van der Waals surface area contributed by atoms with E-state index in [0.29, 0.717) is 6.42 Å². The standard InChI is InChI=1S/C12H13FN2S/c1-8-15-7-12(16-8)11(14)6-9-2-4-10(13)5-3-9/h2-5,7,11H,6,14H2,1H3. The van der Waals surface area contributed by atoms with Crippen molar-refractivity contribution in [3.05, 3.63) is 51.7 Å². The number of nitrogens with zero attached hydrogens (tertiary/aromatic N) is 1. The summed E-state index contributed by atoms with van der Waals surface area (Å²) in [6.07, 6.45) is 2.52. The summed E-state index contributed by atoms with van der Waals surface area (Å²) in [5.41, 5.74) is 7.10. The zero-order valence-electron chi connectivity index (χ0n) is 8.98. The second kappa shape index (κ2) is 4.72. The Kier molecular flexibility index (Phi) is 3.31. The highest BCUT2D eigenvalue weighted by molar-refractivity contribution is 7.11. The molecule has 1 unspecified atom stereocenters. The first kappa shape index (κ1) is 11.2. The van der Waals surface area contributed by atoms with E-state index >= 15 is 0 Å². The van der Waals surface area contributed by atoms with Crippen molar-refractivity contribution in [3.63, 3.8) is 0 Å². The average molecular weight is 236 g/mol. The van der Waals surface area contributed by atoms with Crippen LogP contribution in [0.4, 0.5) is 4.39 Å². The molecule has 0 aliphatic heterocycles. The maximum absolute atomic E-state index is 12.7. The van der Waals surface area contributed by atoms with Crippen LogP contribution in [0.25, 0.3) is 0 Å². The van der Waals surface area contributed by atoms with Crippen LogP contribution < -0.4 is 5.73 Å². The SMILES string of the molecule is Cc1ncc(C(N)Cc2ccc(F)cc2)s1. The molecule has 84 valence electrons.